The number of amides is 1. The summed E-state index contributed by atoms with van der Waals surface area (Å²) in [5, 5.41) is 13.1. The molecule has 248 valence electrons. The molecule has 4 rings (SSSR count). The zero-order valence-corrected chi connectivity index (χ0v) is 28.0. The molecular weight excluding hydrogens is 592 g/mol. The van der Waals surface area contributed by atoms with E-state index >= 15 is 0 Å². The van der Waals surface area contributed by atoms with Crippen LogP contribution in [0.15, 0.2) is 36.4 Å². The Morgan fingerprint density at radius 2 is 1.70 bits per heavy atom. The van der Waals surface area contributed by atoms with Gasteiger partial charge in [-0.2, -0.15) is 0 Å². The van der Waals surface area contributed by atoms with Crippen LogP contribution in [0, 0.1) is 30.9 Å². The molecule has 1 unspecified atom stereocenters. The molecule has 3 aromatic rings. The number of benzene rings is 2. The quantitative estimate of drug-likeness (QED) is 0.237. The van der Waals surface area contributed by atoms with Crippen molar-refractivity contribution in [2.75, 3.05) is 24.6 Å². The number of aliphatic carboxylic acids is 1. The van der Waals surface area contributed by atoms with E-state index in [2.05, 4.69) is 24.1 Å². The molecule has 0 radical (unpaired) electrons. The second kappa shape index (κ2) is 13.7. The maximum Gasteiger partial charge on any atom is 0.337 e. The number of ether oxygens (including phenoxy) is 2. The molecule has 0 aliphatic carbocycles. The number of pyridine rings is 1. The second-order valence-electron chi connectivity index (χ2n) is 13.6. The fraction of sp³-hybridized carbons (Fsp3) is 0.472. The van der Waals surface area contributed by atoms with Gasteiger partial charge in [0, 0.05) is 65.4 Å². The van der Waals surface area contributed by atoms with E-state index in [0.717, 1.165) is 60.6 Å². The Kier molecular flexibility index (Phi) is 10.4. The highest BCUT2D eigenvalue weighted by atomic mass is 19.1. The molecule has 1 fully saturated rings. The van der Waals surface area contributed by atoms with Crippen molar-refractivity contribution in [3.8, 4) is 16.9 Å². The number of carbonyl (C=O) groups is 2. The van der Waals surface area contributed by atoms with Crippen molar-refractivity contribution in [1.29, 1.82) is 0 Å². The fourth-order valence-electron chi connectivity index (χ4n) is 5.85. The lowest BCUT2D eigenvalue weighted by molar-refractivity contribution is -0.160. The average Bonchev–Trinajstić information content (AvgIpc) is 2.95. The Morgan fingerprint density at radius 3 is 2.26 bits per heavy atom. The summed E-state index contributed by atoms with van der Waals surface area (Å²) in [5.74, 6) is -3.06. The third kappa shape index (κ3) is 8.02. The number of aromatic nitrogens is 1. The van der Waals surface area contributed by atoms with Crippen LogP contribution in [-0.4, -0.2) is 47.3 Å². The van der Waals surface area contributed by atoms with Crippen molar-refractivity contribution in [3.63, 3.8) is 0 Å². The second-order valence-corrected chi connectivity index (χ2v) is 13.6. The molecule has 1 aliphatic rings. The van der Waals surface area contributed by atoms with Gasteiger partial charge in [0.1, 0.15) is 17.4 Å². The Morgan fingerprint density at radius 1 is 1.07 bits per heavy atom. The number of carboxylic acid groups (broad SMARTS) is 1. The van der Waals surface area contributed by atoms with E-state index < -0.39 is 35.2 Å². The first-order valence-electron chi connectivity index (χ1n) is 15.7. The summed E-state index contributed by atoms with van der Waals surface area (Å²) in [7, 11) is 0. The highest BCUT2D eigenvalue weighted by molar-refractivity contribution is 5.95. The number of aryl methyl sites for hydroxylation is 2. The lowest BCUT2D eigenvalue weighted by atomic mass is 9.81. The van der Waals surface area contributed by atoms with Gasteiger partial charge in [0.25, 0.3) is 5.91 Å². The minimum Gasteiger partial charge on any atom is -0.493 e. The molecule has 0 spiro atoms. The Labute approximate surface area is 270 Å². The van der Waals surface area contributed by atoms with Gasteiger partial charge in [-0.1, -0.05) is 26.0 Å². The van der Waals surface area contributed by atoms with Crippen molar-refractivity contribution in [1.82, 2.24) is 10.3 Å². The monoisotopic (exact) mass is 637 g/mol. The molecular formula is C36H45F2N3O5. The molecule has 1 atom stereocenters. The van der Waals surface area contributed by atoms with Gasteiger partial charge in [-0.25, -0.2) is 13.6 Å². The van der Waals surface area contributed by atoms with Crippen LogP contribution >= 0.6 is 0 Å². The number of anilines is 1. The molecule has 1 aliphatic heterocycles. The first-order valence-corrected chi connectivity index (χ1v) is 15.7. The standard InChI is InChI=1S/C36H45F2N3O5/c1-9-45-28-19-25(37)18-27(38)26(28)20-39-33(42)24-12-10-23(11-13-24)29-21(2)40-22(3)30(32(34(43)44)46-35(4,5)6)31(29)41-16-14-36(7,8)15-17-41/h10-13,18-19,32H,9,14-17,20H2,1-8H3,(H,39,42)(H,43,44). The molecule has 46 heavy (non-hydrogen) atoms. The third-order valence-electron chi connectivity index (χ3n) is 8.25. The zero-order valence-electron chi connectivity index (χ0n) is 28.0. The number of rotatable bonds is 10. The predicted molar refractivity (Wildman–Crippen MR) is 174 cm³/mol. The summed E-state index contributed by atoms with van der Waals surface area (Å²) in [6, 6.07) is 8.79. The highest BCUT2D eigenvalue weighted by Gasteiger charge is 2.36. The van der Waals surface area contributed by atoms with Crippen molar-refractivity contribution in [2.45, 2.75) is 86.5 Å². The van der Waals surface area contributed by atoms with Crippen LogP contribution in [0.4, 0.5) is 14.5 Å². The van der Waals surface area contributed by atoms with Crippen molar-refractivity contribution >= 4 is 17.6 Å². The number of nitrogens with one attached hydrogen (secondary N) is 1. The Bertz CT molecular complexity index is 1590. The molecule has 0 bridgehead atoms. The molecule has 0 saturated carbocycles. The van der Waals surface area contributed by atoms with Gasteiger partial charge < -0.3 is 24.8 Å². The summed E-state index contributed by atoms with van der Waals surface area (Å²) in [4.78, 5) is 32.9. The number of piperidine rings is 1. The zero-order chi connectivity index (χ0) is 34.0. The van der Waals surface area contributed by atoms with Gasteiger partial charge >= 0.3 is 5.97 Å². The summed E-state index contributed by atoms with van der Waals surface area (Å²) in [6.45, 7) is 16.9. The largest absolute Gasteiger partial charge is 0.493 e. The lowest BCUT2D eigenvalue weighted by Gasteiger charge is -2.41. The van der Waals surface area contributed by atoms with Crippen molar-refractivity contribution in [3.05, 3.63) is 76.1 Å². The van der Waals surface area contributed by atoms with Gasteiger partial charge in [0.2, 0.25) is 0 Å². The SMILES string of the molecule is CCOc1cc(F)cc(F)c1CNC(=O)c1ccc(-c2c(C)nc(C)c(C(OC(C)(C)C)C(=O)O)c2N2CCC(C)(C)CC2)cc1. The molecule has 1 saturated heterocycles. The smallest absolute Gasteiger partial charge is 0.337 e. The van der Waals surface area contributed by atoms with E-state index in [0.29, 0.717) is 16.8 Å². The summed E-state index contributed by atoms with van der Waals surface area (Å²) < 4.78 is 39.8. The molecule has 2 aromatic carbocycles. The maximum atomic E-state index is 14.5. The molecule has 2 N–H and O–H groups in total. The van der Waals surface area contributed by atoms with Crippen LogP contribution in [0.25, 0.3) is 11.1 Å². The molecule has 1 amide bonds. The molecule has 10 heteroatoms. The van der Waals surface area contributed by atoms with Gasteiger partial charge in [-0.15, -0.1) is 0 Å². The maximum absolute atomic E-state index is 14.5. The van der Waals surface area contributed by atoms with Crippen LogP contribution in [0.2, 0.25) is 0 Å². The van der Waals surface area contributed by atoms with E-state index in [-0.39, 0.29) is 29.9 Å². The van der Waals surface area contributed by atoms with Crippen LogP contribution < -0.4 is 15.0 Å². The highest BCUT2D eigenvalue weighted by Crippen LogP contribution is 2.44. The van der Waals surface area contributed by atoms with E-state index in [9.17, 15) is 23.5 Å². The van der Waals surface area contributed by atoms with E-state index in [1.807, 2.05) is 34.6 Å². The Hall–Kier alpha value is -4.05. The average molecular weight is 638 g/mol. The van der Waals surface area contributed by atoms with Crippen LogP contribution in [0.3, 0.4) is 0 Å². The van der Waals surface area contributed by atoms with E-state index in [4.69, 9.17) is 14.5 Å². The molecule has 1 aromatic heterocycles. The van der Waals surface area contributed by atoms with Crippen LogP contribution in [0.5, 0.6) is 5.75 Å². The topological polar surface area (TPSA) is 101 Å². The minimum atomic E-state index is -1.24. The van der Waals surface area contributed by atoms with Crippen molar-refractivity contribution < 1.29 is 33.0 Å². The van der Waals surface area contributed by atoms with Crippen LogP contribution in [0.1, 0.15) is 93.4 Å². The lowest BCUT2D eigenvalue weighted by Crippen LogP contribution is -2.39. The van der Waals surface area contributed by atoms with Crippen LogP contribution in [-0.2, 0) is 16.1 Å². The van der Waals surface area contributed by atoms with Gasteiger partial charge in [-0.3, -0.25) is 9.78 Å². The Balaban J connectivity index is 1.73. The van der Waals surface area contributed by atoms with Crippen molar-refractivity contribution in [2.24, 2.45) is 5.41 Å². The summed E-state index contributed by atoms with van der Waals surface area (Å²) >= 11 is 0. The number of hydrogen-bond acceptors (Lipinski definition) is 6. The van der Waals surface area contributed by atoms with Gasteiger partial charge in [0.05, 0.1) is 17.9 Å². The summed E-state index contributed by atoms with van der Waals surface area (Å²) in [5.41, 5.74) is 4.01. The summed E-state index contributed by atoms with van der Waals surface area (Å²) in [6.07, 6.45) is 0.626. The number of nitrogens with zero attached hydrogens (tertiary/aromatic N) is 2. The first-order chi connectivity index (χ1) is 21.5. The molecule has 8 nitrogen and oxygen atoms in total. The number of carboxylic acids is 1. The number of hydrogen-bond donors (Lipinski definition) is 2. The fourth-order valence-corrected chi connectivity index (χ4v) is 5.85. The normalized spacial score (nSPS) is 15.4. The van der Waals surface area contributed by atoms with E-state index in [1.165, 1.54) is 0 Å². The predicted octanol–water partition coefficient (Wildman–Crippen LogP) is 7.54. The van der Waals surface area contributed by atoms with Gasteiger partial charge in [-0.05, 0) is 77.5 Å². The number of halogens is 2. The number of carbonyl (C=O) groups excluding carboxylic acids is 1. The molecule has 2 heterocycles. The van der Waals surface area contributed by atoms with E-state index in [1.54, 1.807) is 31.2 Å². The minimum absolute atomic E-state index is 0.0394. The van der Waals surface area contributed by atoms with Gasteiger partial charge in [0.15, 0.2) is 6.10 Å². The first kappa shape index (κ1) is 34.8. The third-order valence-corrected chi connectivity index (χ3v) is 8.25.